The van der Waals surface area contributed by atoms with E-state index in [1.54, 1.807) is 18.2 Å². The van der Waals surface area contributed by atoms with Crippen LogP contribution in [0.1, 0.15) is 18.5 Å². The predicted molar refractivity (Wildman–Crippen MR) is 120 cm³/mol. The predicted octanol–water partition coefficient (Wildman–Crippen LogP) is 2.65. The van der Waals surface area contributed by atoms with Crippen LogP contribution in [-0.4, -0.2) is 62.7 Å². The molecule has 1 fully saturated rings. The molecule has 3 aromatic heterocycles. The molecule has 5 rings (SSSR count). The van der Waals surface area contributed by atoms with E-state index in [4.69, 9.17) is 0 Å². The topological polar surface area (TPSA) is 112 Å². The maximum Gasteiger partial charge on any atom is 0.493 e. The van der Waals surface area contributed by atoms with Crippen LogP contribution in [0.4, 0.5) is 13.2 Å². The number of carbonyl (C=O) groups excluding carboxylic acids is 1. The highest BCUT2D eigenvalue weighted by Crippen LogP contribution is 2.32. The molecule has 4 aromatic rings. The van der Waals surface area contributed by atoms with Crippen molar-refractivity contribution in [3.63, 3.8) is 0 Å². The number of nitrogens with zero attached hydrogens (tertiary/aromatic N) is 6. The first-order valence-corrected chi connectivity index (χ1v) is 12.3. The summed E-state index contributed by atoms with van der Waals surface area (Å²) in [7, 11) is -3.60. The number of pyridine rings is 1. The molecule has 0 aliphatic carbocycles. The molecule has 188 valence electrons. The van der Waals surface area contributed by atoms with Crippen LogP contribution in [0.25, 0.3) is 22.2 Å². The van der Waals surface area contributed by atoms with Gasteiger partial charge >= 0.3 is 12.1 Å². The van der Waals surface area contributed by atoms with Gasteiger partial charge in [-0.1, -0.05) is 17.3 Å². The van der Waals surface area contributed by atoms with Gasteiger partial charge in [-0.25, -0.2) is 22.9 Å². The summed E-state index contributed by atoms with van der Waals surface area (Å²) in [6, 6.07) is 9.40. The van der Waals surface area contributed by atoms with Crippen LogP contribution in [0.2, 0.25) is 0 Å². The van der Waals surface area contributed by atoms with Crippen LogP contribution in [0.15, 0.2) is 59.9 Å². The molecule has 0 N–H and O–H groups in total. The monoisotopic (exact) mass is 520 g/mol. The molecule has 0 spiro atoms. The molecule has 36 heavy (non-hydrogen) atoms. The molecule has 10 nitrogen and oxygen atoms in total. The van der Waals surface area contributed by atoms with Crippen LogP contribution < -0.4 is 4.84 Å². The average Bonchev–Trinajstić information content (AvgIpc) is 3.61. The molecule has 4 heterocycles. The Morgan fingerprint density at radius 3 is 2.42 bits per heavy atom. The fourth-order valence-electron chi connectivity index (χ4n) is 4.09. The molecular formula is C22H19F3N6O4S. The van der Waals surface area contributed by atoms with Gasteiger partial charge in [-0.3, -0.25) is 0 Å². The van der Waals surface area contributed by atoms with E-state index in [0.717, 1.165) is 17.6 Å². The lowest BCUT2D eigenvalue weighted by Gasteiger charge is -2.15. The highest BCUT2D eigenvalue weighted by atomic mass is 32.2. The van der Waals surface area contributed by atoms with Crippen molar-refractivity contribution in [2.75, 3.05) is 13.1 Å². The number of benzene rings is 1. The largest absolute Gasteiger partial charge is 0.493 e. The van der Waals surface area contributed by atoms with Gasteiger partial charge in [0.15, 0.2) is 5.65 Å². The molecule has 1 aromatic carbocycles. The summed E-state index contributed by atoms with van der Waals surface area (Å²) in [5.74, 6) is -2.40. The summed E-state index contributed by atoms with van der Waals surface area (Å²) in [5.41, 5.74) is 1.32. The van der Waals surface area contributed by atoms with Crippen molar-refractivity contribution in [2.24, 2.45) is 0 Å². The number of hydrogen-bond acceptors (Lipinski definition) is 7. The van der Waals surface area contributed by atoms with E-state index in [9.17, 15) is 26.4 Å². The van der Waals surface area contributed by atoms with Crippen LogP contribution in [-0.2, 0) is 21.4 Å². The van der Waals surface area contributed by atoms with E-state index in [0.29, 0.717) is 29.6 Å². The Hall–Kier alpha value is -3.78. The number of hydrogen-bond donors (Lipinski definition) is 0. The van der Waals surface area contributed by atoms with Gasteiger partial charge in [0.05, 0.1) is 23.3 Å². The second-order valence-electron chi connectivity index (χ2n) is 8.14. The Morgan fingerprint density at radius 2 is 1.78 bits per heavy atom. The van der Waals surface area contributed by atoms with Gasteiger partial charge in [0, 0.05) is 30.9 Å². The SMILES string of the molecule is O=C(On1c(Cn2ccnn2)cc2c(-c3ccc(S(=O)(=O)N4CCCC4)cc3)ccnc21)C(F)(F)F. The Bertz CT molecular complexity index is 1510. The lowest BCUT2D eigenvalue weighted by Crippen LogP contribution is -2.34. The van der Waals surface area contributed by atoms with Crippen molar-refractivity contribution in [3.8, 4) is 11.1 Å². The Labute approximate surface area is 202 Å². The summed E-state index contributed by atoms with van der Waals surface area (Å²) in [6.45, 7) is 0.912. The van der Waals surface area contributed by atoms with Gasteiger partial charge in [-0.05, 0) is 48.2 Å². The highest BCUT2D eigenvalue weighted by Gasteiger charge is 2.42. The van der Waals surface area contributed by atoms with E-state index in [1.165, 1.54) is 45.8 Å². The van der Waals surface area contributed by atoms with Gasteiger partial charge in [-0.15, -0.1) is 5.10 Å². The van der Waals surface area contributed by atoms with Crippen molar-refractivity contribution in [3.05, 3.63) is 60.7 Å². The van der Waals surface area contributed by atoms with Crippen molar-refractivity contribution >= 4 is 27.0 Å². The van der Waals surface area contributed by atoms with E-state index < -0.39 is 22.2 Å². The Balaban J connectivity index is 1.56. The zero-order chi connectivity index (χ0) is 25.5. The summed E-state index contributed by atoms with van der Waals surface area (Å²) in [5, 5.41) is 7.88. The van der Waals surface area contributed by atoms with Crippen LogP contribution in [0, 0.1) is 0 Å². The van der Waals surface area contributed by atoms with Gasteiger partial charge in [0.1, 0.15) is 0 Å². The number of alkyl halides is 3. The van der Waals surface area contributed by atoms with Gasteiger partial charge in [-0.2, -0.15) is 22.2 Å². The first kappa shape index (κ1) is 23.9. The van der Waals surface area contributed by atoms with Gasteiger partial charge in [0.25, 0.3) is 0 Å². The lowest BCUT2D eigenvalue weighted by molar-refractivity contribution is -0.199. The molecule has 0 bridgehead atoms. The molecule has 1 aliphatic rings. The summed E-state index contributed by atoms with van der Waals surface area (Å²) in [4.78, 5) is 20.6. The Morgan fingerprint density at radius 1 is 1.06 bits per heavy atom. The lowest BCUT2D eigenvalue weighted by atomic mass is 10.0. The maximum absolute atomic E-state index is 13.0. The maximum atomic E-state index is 13.0. The standard InChI is InChI=1S/C22H19F3N6O4S/c23-22(24,25)21(32)35-31-16(14-29-12-9-27-28-29)13-19-18(7-8-26-20(19)31)15-3-5-17(6-4-15)36(33,34)30-10-1-2-11-30/h3-9,12-13H,1-2,10-11,14H2. The molecule has 0 radical (unpaired) electrons. The molecule has 0 amide bonds. The zero-order valence-electron chi connectivity index (χ0n) is 18.6. The highest BCUT2D eigenvalue weighted by molar-refractivity contribution is 7.89. The van der Waals surface area contributed by atoms with Gasteiger partial charge < -0.3 is 4.84 Å². The molecular weight excluding hydrogens is 501 g/mol. The van der Waals surface area contributed by atoms with Crippen molar-refractivity contribution in [1.29, 1.82) is 0 Å². The fraction of sp³-hybridized carbons (Fsp3) is 0.273. The second kappa shape index (κ2) is 9.02. The average molecular weight is 520 g/mol. The number of sulfonamides is 1. The minimum absolute atomic E-state index is 0.0195. The summed E-state index contributed by atoms with van der Waals surface area (Å²) in [6.07, 6.45) is 0.689. The smallest absolute Gasteiger partial charge is 0.326 e. The molecule has 0 atom stereocenters. The van der Waals surface area contributed by atoms with Crippen LogP contribution in [0.3, 0.4) is 0 Å². The number of carbonyl (C=O) groups is 1. The number of rotatable bonds is 6. The zero-order valence-corrected chi connectivity index (χ0v) is 19.4. The number of halogens is 3. The molecule has 1 saturated heterocycles. The van der Waals surface area contributed by atoms with Crippen LogP contribution >= 0.6 is 0 Å². The molecule has 1 aliphatic heterocycles. The number of aromatic nitrogens is 5. The van der Waals surface area contributed by atoms with E-state index in [-0.39, 0.29) is 22.8 Å². The second-order valence-corrected chi connectivity index (χ2v) is 10.1. The Kier molecular flexibility index (Phi) is 6.00. The van der Waals surface area contributed by atoms with E-state index in [2.05, 4.69) is 20.1 Å². The first-order valence-electron chi connectivity index (χ1n) is 10.9. The summed E-state index contributed by atoms with van der Waals surface area (Å²) >= 11 is 0. The van der Waals surface area contributed by atoms with E-state index in [1.807, 2.05) is 0 Å². The van der Waals surface area contributed by atoms with Gasteiger partial charge in [0.2, 0.25) is 10.0 Å². The third-order valence-electron chi connectivity index (χ3n) is 5.80. The minimum atomic E-state index is -5.21. The normalized spacial score (nSPS) is 15.0. The quantitative estimate of drug-likeness (QED) is 0.384. The molecule has 0 saturated carbocycles. The van der Waals surface area contributed by atoms with Crippen molar-refractivity contribution < 1.29 is 31.2 Å². The molecule has 14 heteroatoms. The third kappa shape index (κ3) is 4.44. The van der Waals surface area contributed by atoms with Crippen molar-refractivity contribution in [1.82, 2.24) is 29.0 Å². The fourth-order valence-corrected chi connectivity index (χ4v) is 5.61. The number of fused-ring (bicyclic) bond motifs is 1. The third-order valence-corrected chi connectivity index (χ3v) is 7.72. The van der Waals surface area contributed by atoms with Crippen molar-refractivity contribution in [2.45, 2.75) is 30.5 Å². The minimum Gasteiger partial charge on any atom is -0.326 e. The van der Waals surface area contributed by atoms with Crippen LogP contribution in [0.5, 0.6) is 0 Å². The first-order chi connectivity index (χ1) is 17.1. The summed E-state index contributed by atoms with van der Waals surface area (Å²) < 4.78 is 68.0. The molecule has 0 unspecified atom stereocenters. The van der Waals surface area contributed by atoms with E-state index >= 15 is 0 Å².